The molecule has 0 radical (unpaired) electrons. The van der Waals surface area contributed by atoms with Crippen LogP contribution in [0.3, 0.4) is 0 Å². The Morgan fingerprint density at radius 2 is 2.05 bits per heavy atom. The molecule has 0 fully saturated rings. The number of hydrogen-bond acceptors (Lipinski definition) is 3. The lowest BCUT2D eigenvalue weighted by Gasteiger charge is -2.03. The first-order valence-corrected chi connectivity index (χ1v) is 6.53. The van der Waals surface area contributed by atoms with Crippen LogP contribution in [0.4, 0.5) is 5.69 Å². The quantitative estimate of drug-likeness (QED) is 0.788. The highest BCUT2D eigenvalue weighted by molar-refractivity contribution is 6.31. The van der Waals surface area contributed by atoms with Gasteiger partial charge in [-0.25, -0.2) is 4.68 Å². The highest BCUT2D eigenvalue weighted by Crippen LogP contribution is 2.26. The molecule has 20 heavy (non-hydrogen) atoms. The molecular formula is C14H14ClN5. The molecule has 0 spiro atoms. The second kappa shape index (κ2) is 4.68. The number of aryl methyl sites for hydroxylation is 2. The van der Waals surface area contributed by atoms with Gasteiger partial charge in [-0.1, -0.05) is 17.7 Å². The van der Waals surface area contributed by atoms with Crippen LogP contribution in [0.5, 0.6) is 0 Å². The monoisotopic (exact) mass is 287 g/mol. The van der Waals surface area contributed by atoms with E-state index in [0.717, 1.165) is 22.5 Å². The van der Waals surface area contributed by atoms with E-state index in [1.807, 2.05) is 38.4 Å². The number of nitrogens with two attached hydrogens (primary N) is 1. The third-order valence-corrected chi connectivity index (χ3v) is 3.55. The van der Waals surface area contributed by atoms with Gasteiger partial charge in [0.05, 0.1) is 23.8 Å². The SMILES string of the molecule is Cc1ccc(-n2cc(N)c(-c3cnn(C)c3)n2)cc1Cl. The molecule has 0 bridgehead atoms. The van der Waals surface area contributed by atoms with Gasteiger partial charge in [0.1, 0.15) is 5.69 Å². The second-order valence-corrected chi connectivity index (χ2v) is 5.12. The summed E-state index contributed by atoms with van der Waals surface area (Å²) in [6, 6.07) is 5.79. The van der Waals surface area contributed by atoms with Crippen molar-refractivity contribution in [2.45, 2.75) is 6.92 Å². The predicted molar refractivity (Wildman–Crippen MR) is 79.9 cm³/mol. The first-order valence-electron chi connectivity index (χ1n) is 6.15. The number of aromatic nitrogens is 4. The minimum Gasteiger partial charge on any atom is -0.396 e. The first-order chi connectivity index (χ1) is 9.54. The molecule has 2 heterocycles. The van der Waals surface area contributed by atoms with Crippen molar-refractivity contribution in [3.05, 3.63) is 47.4 Å². The summed E-state index contributed by atoms with van der Waals surface area (Å²) in [5.74, 6) is 0. The molecule has 0 saturated heterocycles. The molecule has 0 atom stereocenters. The molecule has 0 unspecified atom stereocenters. The molecule has 6 heteroatoms. The van der Waals surface area contributed by atoms with E-state index in [-0.39, 0.29) is 0 Å². The fraction of sp³-hybridized carbons (Fsp3) is 0.143. The Bertz CT molecular complexity index is 772. The van der Waals surface area contributed by atoms with Crippen LogP contribution in [0.1, 0.15) is 5.56 Å². The molecule has 3 aromatic rings. The molecule has 2 aromatic heterocycles. The van der Waals surface area contributed by atoms with Crippen molar-refractivity contribution in [1.82, 2.24) is 19.6 Å². The number of hydrogen-bond donors (Lipinski definition) is 1. The minimum atomic E-state index is 0.606. The van der Waals surface area contributed by atoms with E-state index in [9.17, 15) is 0 Å². The lowest BCUT2D eigenvalue weighted by molar-refractivity contribution is 0.768. The van der Waals surface area contributed by atoms with Crippen LogP contribution in [-0.2, 0) is 7.05 Å². The molecule has 1 aromatic carbocycles. The Morgan fingerprint density at radius 1 is 1.25 bits per heavy atom. The highest BCUT2D eigenvalue weighted by Gasteiger charge is 2.11. The minimum absolute atomic E-state index is 0.606. The number of benzene rings is 1. The zero-order chi connectivity index (χ0) is 14.3. The van der Waals surface area contributed by atoms with Gasteiger partial charge in [0.25, 0.3) is 0 Å². The fourth-order valence-electron chi connectivity index (χ4n) is 2.01. The van der Waals surface area contributed by atoms with Crippen molar-refractivity contribution in [2.24, 2.45) is 7.05 Å². The normalized spacial score (nSPS) is 10.9. The molecule has 0 aliphatic heterocycles. The third kappa shape index (κ3) is 2.16. The highest BCUT2D eigenvalue weighted by atomic mass is 35.5. The molecule has 3 rings (SSSR count). The molecule has 0 aliphatic carbocycles. The van der Waals surface area contributed by atoms with Crippen molar-refractivity contribution >= 4 is 17.3 Å². The van der Waals surface area contributed by atoms with Crippen LogP contribution < -0.4 is 5.73 Å². The van der Waals surface area contributed by atoms with Gasteiger partial charge >= 0.3 is 0 Å². The lowest BCUT2D eigenvalue weighted by Crippen LogP contribution is -1.95. The van der Waals surface area contributed by atoms with E-state index in [0.29, 0.717) is 10.7 Å². The van der Waals surface area contributed by atoms with Crippen LogP contribution in [0.2, 0.25) is 5.02 Å². The molecule has 5 nitrogen and oxygen atoms in total. The van der Waals surface area contributed by atoms with Gasteiger partial charge in [-0.3, -0.25) is 4.68 Å². The van der Waals surface area contributed by atoms with Crippen LogP contribution in [-0.4, -0.2) is 19.6 Å². The number of anilines is 1. The van der Waals surface area contributed by atoms with Gasteiger partial charge in [-0.05, 0) is 24.6 Å². The Morgan fingerprint density at radius 3 is 2.70 bits per heavy atom. The summed E-state index contributed by atoms with van der Waals surface area (Å²) in [7, 11) is 1.86. The summed E-state index contributed by atoms with van der Waals surface area (Å²) in [5, 5.41) is 9.35. The van der Waals surface area contributed by atoms with E-state index < -0.39 is 0 Å². The number of nitrogen functional groups attached to an aromatic ring is 1. The number of rotatable bonds is 2. The summed E-state index contributed by atoms with van der Waals surface area (Å²) < 4.78 is 3.44. The van der Waals surface area contributed by atoms with Gasteiger partial charge in [0, 0.05) is 23.8 Å². The summed E-state index contributed by atoms with van der Waals surface area (Å²) in [5.41, 5.74) is 10.2. The molecule has 102 valence electrons. The maximum atomic E-state index is 6.14. The zero-order valence-electron chi connectivity index (χ0n) is 11.2. The second-order valence-electron chi connectivity index (χ2n) is 4.71. The van der Waals surface area contributed by atoms with Gasteiger partial charge in [-0.2, -0.15) is 10.2 Å². The summed E-state index contributed by atoms with van der Waals surface area (Å²) in [6.45, 7) is 1.96. The summed E-state index contributed by atoms with van der Waals surface area (Å²) >= 11 is 6.14. The van der Waals surface area contributed by atoms with E-state index in [1.165, 1.54) is 0 Å². The zero-order valence-corrected chi connectivity index (χ0v) is 12.0. The van der Waals surface area contributed by atoms with Crippen molar-refractivity contribution in [2.75, 3.05) is 5.73 Å². The first kappa shape index (κ1) is 12.7. The van der Waals surface area contributed by atoms with Crippen LogP contribution >= 0.6 is 11.6 Å². The van der Waals surface area contributed by atoms with Crippen molar-refractivity contribution in [1.29, 1.82) is 0 Å². The standard InChI is InChI=1S/C14H14ClN5/c1-9-3-4-11(5-12(9)15)20-8-13(16)14(18-20)10-6-17-19(2)7-10/h3-8H,16H2,1-2H3. The van der Waals surface area contributed by atoms with E-state index in [1.54, 1.807) is 21.8 Å². The van der Waals surface area contributed by atoms with E-state index in [4.69, 9.17) is 17.3 Å². The molecule has 0 amide bonds. The Labute approximate surface area is 121 Å². The lowest BCUT2D eigenvalue weighted by atomic mass is 10.2. The van der Waals surface area contributed by atoms with E-state index >= 15 is 0 Å². The Balaban J connectivity index is 2.06. The van der Waals surface area contributed by atoms with Crippen LogP contribution in [0, 0.1) is 6.92 Å². The number of halogens is 1. The van der Waals surface area contributed by atoms with Gasteiger partial charge in [0.2, 0.25) is 0 Å². The van der Waals surface area contributed by atoms with Crippen LogP contribution in [0.25, 0.3) is 16.9 Å². The van der Waals surface area contributed by atoms with Gasteiger partial charge < -0.3 is 5.73 Å². The predicted octanol–water partition coefficient (Wildman–Crippen LogP) is 2.82. The van der Waals surface area contributed by atoms with Crippen molar-refractivity contribution < 1.29 is 0 Å². The van der Waals surface area contributed by atoms with Gasteiger partial charge in [0.15, 0.2) is 0 Å². The molecule has 0 saturated carbocycles. The maximum absolute atomic E-state index is 6.14. The van der Waals surface area contributed by atoms with E-state index in [2.05, 4.69) is 10.2 Å². The third-order valence-electron chi connectivity index (χ3n) is 3.14. The summed E-state index contributed by atoms with van der Waals surface area (Å²) in [4.78, 5) is 0. The molecule has 2 N–H and O–H groups in total. The molecular weight excluding hydrogens is 274 g/mol. The van der Waals surface area contributed by atoms with Gasteiger partial charge in [-0.15, -0.1) is 0 Å². The smallest absolute Gasteiger partial charge is 0.119 e. The average Bonchev–Trinajstić information content (AvgIpc) is 2.99. The Kier molecular flexibility index (Phi) is 2.99. The van der Waals surface area contributed by atoms with Crippen LogP contribution in [0.15, 0.2) is 36.8 Å². The maximum Gasteiger partial charge on any atom is 0.119 e. The Hall–Kier alpha value is -2.27. The van der Waals surface area contributed by atoms with Crippen molar-refractivity contribution in [3.8, 4) is 16.9 Å². The fourth-order valence-corrected chi connectivity index (χ4v) is 2.19. The van der Waals surface area contributed by atoms with Crippen molar-refractivity contribution in [3.63, 3.8) is 0 Å². The largest absolute Gasteiger partial charge is 0.396 e. The number of nitrogens with zero attached hydrogens (tertiary/aromatic N) is 4. The molecule has 0 aliphatic rings. The average molecular weight is 288 g/mol. The topological polar surface area (TPSA) is 61.7 Å². The summed E-state index contributed by atoms with van der Waals surface area (Å²) in [6.07, 6.45) is 5.40.